The Balaban J connectivity index is 2.08. The Bertz CT molecular complexity index is 415. The third-order valence-corrected chi connectivity index (χ3v) is 3.03. The molecule has 0 atom stereocenters. The number of benzene rings is 1. The first kappa shape index (κ1) is 13.7. The lowest BCUT2D eigenvalue weighted by atomic mass is 10.2. The minimum absolute atomic E-state index is 0.228. The smallest absolute Gasteiger partial charge is 0.380 e. The zero-order valence-corrected chi connectivity index (χ0v) is 11.1. The summed E-state index contributed by atoms with van der Waals surface area (Å²) in [6, 6.07) is 5.07. The summed E-state index contributed by atoms with van der Waals surface area (Å²) in [6.07, 6.45) is 4.64. The topological polar surface area (TPSA) is 54.0 Å². The lowest BCUT2D eigenvalue weighted by Gasteiger charge is -2.12. The maximum atomic E-state index is 12.0. The second-order valence-corrected chi connectivity index (χ2v) is 4.24. The van der Waals surface area contributed by atoms with Crippen molar-refractivity contribution in [2.75, 3.05) is 14.2 Å². The summed E-state index contributed by atoms with van der Waals surface area (Å²) in [7, 11) is 2.97. The van der Waals surface area contributed by atoms with Gasteiger partial charge in [-0.3, -0.25) is 4.89 Å². The van der Waals surface area contributed by atoms with E-state index in [-0.39, 0.29) is 5.56 Å². The average Bonchev–Trinajstić information content (AvgIpc) is 2.97. The number of hydrogen-bond donors (Lipinski definition) is 0. The predicted octanol–water partition coefficient (Wildman–Crippen LogP) is 2.90. The number of rotatable bonds is 5. The van der Waals surface area contributed by atoms with Gasteiger partial charge in [0.2, 0.25) is 0 Å². The Hall–Kier alpha value is -1.75. The van der Waals surface area contributed by atoms with Gasteiger partial charge in [0.05, 0.1) is 14.2 Å². The van der Waals surface area contributed by atoms with Crippen LogP contribution in [0.1, 0.15) is 36.0 Å². The second kappa shape index (κ2) is 6.43. The molecule has 1 aromatic carbocycles. The zero-order chi connectivity index (χ0) is 13.7. The van der Waals surface area contributed by atoms with Gasteiger partial charge in [-0.2, -0.15) is 4.89 Å². The molecule has 0 aromatic heterocycles. The van der Waals surface area contributed by atoms with E-state index in [9.17, 15) is 4.79 Å². The molecule has 19 heavy (non-hydrogen) atoms. The number of hydrogen-bond acceptors (Lipinski definition) is 5. The van der Waals surface area contributed by atoms with Crippen LogP contribution in [0.5, 0.6) is 11.5 Å². The Morgan fingerprint density at radius 2 is 1.63 bits per heavy atom. The van der Waals surface area contributed by atoms with Crippen LogP contribution in [-0.2, 0) is 9.78 Å². The molecule has 0 heterocycles. The fourth-order valence-corrected chi connectivity index (χ4v) is 2.04. The standard InChI is InChI=1S/C14H17O5/c1-16-11-8-5-9-12(17-2)13(11)14(15)19-18-10-6-3-4-7-10/h5,8-9H,3-4,6-7H2,1-2H3. The van der Waals surface area contributed by atoms with E-state index in [2.05, 4.69) is 0 Å². The molecule has 1 saturated carbocycles. The van der Waals surface area contributed by atoms with E-state index in [1.165, 1.54) is 14.2 Å². The van der Waals surface area contributed by atoms with Crippen LogP contribution in [-0.4, -0.2) is 20.2 Å². The van der Waals surface area contributed by atoms with Crippen molar-refractivity contribution in [1.29, 1.82) is 0 Å². The summed E-state index contributed by atoms with van der Waals surface area (Å²) in [4.78, 5) is 22.0. The summed E-state index contributed by atoms with van der Waals surface area (Å²) in [5.41, 5.74) is 0.228. The monoisotopic (exact) mass is 265 g/mol. The third kappa shape index (κ3) is 3.17. The summed E-state index contributed by atoms with van der Waals surface area (Å²) in [6.45, 7) is 0. The van der Waals surface area contributed by atoms with Gasteiger partial charge in [0.1, 0.15) is 23.2 Å². The molecule has 1 fully saturated rings. The van der Waals surface area contributed by atoms with Gasteiger partial charge in [0.25, 0.3) is 0 Å². The van der Waals surface area contributed by atoms with E-state index in [0.717, 1.165) is 31.8 Å². The largest absolute Gasteiger partial charge is 0.496 e. The molecular weight excluding hydrogens is 248 g/mol. The highest BCUT2D eigenvalue weighted by Crippen LogP contribution is 2.31. The van der Waals surface area contributed by atoms with Crippen LogP contribution in [0, 0.1) is 6.10 Å². The Morgan fingerprint density at radius 1 is 1.05 bits per heavy atom. The van der Waals surface area contributed by atoms with E-state index < -0.39 is 5.97 Å². The second-order valence-electron chi connectivity index (χ2n) is 4.24. The first-order chi connectivity index (χ1) is 9.26. The number of carbonyl (C=O) groups excluding carboxylic acids is 1. The molecule has 0 saturated heterocycles. The maximum absolute atomic E-state index is 12.0. The molecule has 0 aliphatic heterocycles. The van der Waals surface area contributed by atoms with Crippen molar-refractivity contribution in [3.63, 3.8) is 0 Å². The van der Waals surface area contributed by atoms with Crippen LogP contribution < -0.4 is 9.47 Å². The quantitative estimate of drug-likeness (QED) is 0.605. The first-order valence-corrected chi connectivity index (χ1v) is 6.20. The Morgan fingerprint density at radius 3 is 2.16 bits per heavy atom. The molecule has 0 bridgehead atoms. The fourth-order valence-electron chi connectivity index (χ4n) is 2.04. The molecule has 0 spiro atoms. The Labute approximate surface area is 112 Å². The highest BCUT2D eigenvalue weighted by molar-refractivity contribution is 5.95. The molecular formula is C14H17O5. The molecule has 2 rings (SSSR count). The molecule has 5 heteroatoms. The van der Waals surface area contributed by atoms with Gasteiger partial charge in [-0.25, -0.2) is 4.79 Å². The summed E-state index contributed by atoms with van der Waals surface area (Å²) < 4.78 is 10.3. The highest BCUT2D eigenvalue weighted by atomic mass is 17.2. The van der Waals surface area contributed by atoms with Gasteiger partial charge in [0, 0.05) is 0 Å². The van der Waals surface area contributed by atoms with E-state index in [1.54, 1.807) is 18.2 Å². The van der Waals surface area contributed by atoms with Gasteiger partial charge in [-0.05, 0) is 25.0 Å². The zero-order valence-electron chi connectivity index (χ0n) is 11.1. The van der Waals surface area contributed by atoms with Gasteiger partial charge in [-0.1, -0.05) is 18.9 Å². The third-order valence-electron chi connectivity index (χ3n) is 3.03. The molecule has 1 aliphatic rings. The van der Waals surface area contributed by atoms with Crippen molar-refractivity contribution in [2.24, 2.45) is 0 Å². The van der Waals surface area contributed by atoms with Crippen LogP contribution in [0.3, 0.4) is 0 Å². The van der Waals surface area contributed by atoms with E-state index in [4.69, 9.17) is 19.2 Å². The predicted molar refractivity (Wildman–Crippen MR) is 67.8 cm³/mol. The molecule has 0 N–H and O–H groups in total. The van der Waals surface area contributed by atoms with Crippen molar-refractivity contribution < 1.29 is 24.0 Å². The van der Waals surface area contributed by atoms with Crippen molar-refractivity contribution in [1.82, 2.24) is 0 Å². The van der Waals surface area contributed by atoms with Gasteiger partial charge < -0.3 is 9.47 Å². The van der Waals surface area contributed by atoms with Crippen molar-refractivity contribution in [3.8, 4) is 11.5 Å². The van der Waals surface area contributed by atoms with Crippen LogP contribution in [0.2, 0.25) is 0 Å². The van der Waals surface area contributed by atoms with Crippen LogP contribution in [0.4, 0.5) is 0 Å². The van der Waals surface area contributed by atoms with Crippen molar-refractivity contribution in [2.45, 2.75) is 25.7 Å². The number of carbonyl (C=O) groups is 1. The van der Waals surface area contributed by atoms with E-state index in [1.807, 2.05) is 0 Å². The summed E-state index contributed by atoms with van der Waals surface area (Å²) in [5, 5.41) is 0. The van der Waals surface area contributed by atoms with Crippen LogP contribution >= 0.6 is 0 Å². The number of ether oxygens (including phenoxy) is 2. The molecule has 1 aromatic rings. The Kier molecular flexibility index (Phi) is 4.63. The molecule has 0 amide bonds. The summed E-state index contributed by atoms with van der Waals surface area (Å²) >= 11 is 0. The van der Waals surface area contributed by atoms with Gasteiger partial charge in [0.15, 0.2) is 0 Å². The molecule has 103 valence electrons. The van der Waals surface area contributed by atoms with Crippen molar-refractivity contribution in [3.05, 3.63) is 29.9 Å². The normalized spacial score (nSPS) is 15.3. The van der Waals surface area contributed by atoms with E-state index in [0.29, 0.717) is 11.5 Å². The highest BCUT2D eigenvalue weighted by Gasteiger charge is 2.24. The molecule has 1 aliphatic carbocycles. The fraction of sp³-hybridized carbons (Fsp3) is 0.429. The minimum Gasteiger partial charge on any atom is -0.496 e. The average molecular weight is 265 g/mol. The van der Waals surface area contributed by atoms with E-state index >= 15 is 0 Å². The number of methoxy groups -OCH3 is 2. The first-order valence-electron chi connectivity index (χ1n) is 6.20. The lowest BCUT2D eigenvalue weighted by Crippen LogP contribution is -2.11. The maximum Gasteiger partial charge on any atom is 0.380 e. The van der Waals surface area contributed by atoms with Gasteiger partial charge in [-0.15, -0.1) is 0 Å². The SMILES string of the molecule is COc1cccc(OC)c1C(=O)OO[C]1CCCC1. The molecule has 1 radical (unpaired) electrons. The molecule has 5 nitrogen and oxygen atoms in total. The molecule has 0 unspecified atom stereocenters. The van der Waals surface area contributed by atoms with Crippen LogP contribution in [0.15, 0.2) is 18.2 Å². The lowest BCUT2D eigenvalue weighted by molar-refractivity contribution is -0.234. The minimum atomic E-state index is -0.617. The van der Waals surface area contributed by atoms with Crippen molar-refractivity contribution >= 4 is 5.97 Å². The summed E-state index contributed by atoms with van der Waals surface area (Å²) in [5.74, 6) is 0.169. The van der Waals surface area contributed by atoms with Crippen LogP contribution in [0.25, 0.3) is 0 Å². The van der Waals surface area contributed by atoms with Gasteiger partial charge >= 0.3 is 5.97 Å².